The Bertz CT molecular complexity index is 990. The monoisotopic (exact) mass is 387 g/mol. The number of hydrogen-bond donors (Lipinski definition) is 1. The van der Waals surface area contributed by atoms with Crippen LogP contribution in [0, 0.1) is 10.8 Å². The van der Waals surface area contributed by atoms with Crippen molar-refractivity contribution in [2.24, 2.45) is 10.8 Å². The van der Waals surface area contributed by atoms with Crippen molar-refractivity contribution >= 4 is 5.57 Å². The van der Waals surface area contributed by atoms with Crippen LogP contribution in [0.4, 0.5) is 0 Å². The third kappa shape index (κ3) is 4.29. The molecule has 1 aliphatic carbocycles. The Morgan fingerprint density at radius 2 is 1.41 bits per heavy atom. The number of phenolic OH excluding ortho intramolecular Hbond substituents is 1. The fourth-order valence-electron chi connectivity index (χ4n) is 5.16. The molecule has 0 bridgehead atoms. The molecule has 1 saturated carbocycles. The second-order valence-corrected chi connectivity index (χ2v) is 9.80. The maximum atomic E-state index is 9.79. The Morgan fingerprint density at radius 1 is 0.862 bits per heavy atom. The number of benzene rings is 2. The van der Waals surface area contributed by atoms with Crippen molar-refractivity contribution in [3.05, 3.63) is 77.7 Å². The molecule has 0 amide bonds. The van der Waals surface area contributed by atoms with Gasteiger partial charge in [-0.25, -0.2) is 4.98 Å². The van der Waals surface area contributed by atoms with Gasteiger partial charge in [-0.3, -0.25) is 0 Å². The van der Waals surface area contributed by atoms with Crippen LogP contribution in [-0.4, -0.2) is 10.1 Å². The summed E-state index contributed by atoms with van der Waals surface area (Å²) in [4.78, 5) is 4.25. The van der Waals surface area contributed by atoms with E-state index >= 15 is 0 Å². The van der Waals surface area contributed by atoms with Gasteiger partial charge in [-0.1, -0.05) is 57.5 Å². The summed E-state index contributed by atoms with van der Waals surface area (Å²) in [6.45, 7) is 9.48. The van der Waals surface area contributed by atoms with Gasteiger partial charge in [0.15, 0.2) is 0 Å². The van der Waals surface area contributed by atoms with Gasteiger partial charge in [-0.2, -0.15) is 0 Å². The molecule has 0 aliphatic heterocycles. The predicted molar refractivity (Wildman–Crippen MR) is 117 cm³/mol. The number of aromatic nitrogens is 1. The van der Waals surface area contributed by atoms with Crippen molar-refractivity contribution in [3.63, 3.8) is 0 Å². The van der Waals surface area contributed by atoms with Crippen LogP contribution >= 0.6 is 0 Å². The minimum Gasteiger partial charge on any atom is -0.508 e. The second-order valence-electron chi connectivity index (χ2n) is 9.80. The van der Waals surface area contributed by atoms with Gasteiger partial charge in [0.1, 0.15) is 12.0 Å². The van der Waals surface area contributed by atoms with Crippen LogP contribution in [-0.2, 0) is 0 Å². The lowest BCUT2D eigenvalue weighted by atomic mass is 9.62. The Morgan fingerprint density at radius 3 is 1.93 bits per heavy atom. The van der Waals surface area contributed by atoms with Crippen molar-refractivity contribution in [1.29, 1.82) is 0 Å². The lowest BCUT2D eigenvalue weighted by Gasteiger charge is -2.43. The van der Waals surface area contributed by atoms with Gasteiger partial charge in [0, 0.05) is 5.56 Å². The molecule has 29 heavy (non-hydrogen) atoms. The second kappa shape index (κ2) is 7.22. The summed E-state index contributed by atoms with van der Waals surface area (Å²) >= 11 is 0. The maximum Gasteiger partial charge on any atom is 0.225 e. The van der Waals surface area contributed by atoms with Crippen LogP contribution in [0.5, 0.6) is 5.75 Å². The first-order valence-corrected chi connectivity index (χ1v) is 10.2. The first-order valence-electron chi connectivity index (χ1n) is 10.2. The molecule has 3 heteroatoms. The summed E-state index contributed by atoms with van der Waals surface area (Å²) < 4.78 is 5.44. The third-order valence-electron chi connectivity index (χ3n) is 5.70. The van der Waals surface area contributed by atoms with E-state index in [1.807, 2.05) is 12.1 Å². The summed E-state index contributed by atoms with van der Waals surface area (Å²) in [6, 6.07) is 16.0. The molecule has 1 heterocycles. The van der Waals surface area contributed by atoms with Crippen LogP contribution in [0.3, 0.4) is 0 Å². The van der Waals surface area contributed by atoms with E-state index in [-0.39, 0.29) is 10.8 Å². The largest absolute Gasteiger partial charge is 0.508 e. The fraction of sp³-hybridized carbons (Fsp3) is 0.346. The SMILES string of the molecule is CC1(C)CC(=C(c2ccc(O)cc2)c2ccc(-c3ncco3)cc2)CC(C)(C)C1. The summed E-state index contributed by atoms with van der Waals surface area (Å²) in [6.07, 6.45) is 6.64. The molecule has 0 unspecified atom stereocenters. The topological polar surface area (TPSA) is 46.3 Å². The lowest BCUT2D eigenvalue weighted by Crippen LogP contribution is -2.30. The third-order valence-corrected chi connectivity index (χ3v) is 5.70. The van der Waals surface area contributed by atoms with E-state index in [0.717, 1.165) is 24.0 Å². The number of oxazole rings is 1. The zero-order chi connectivity index (χ0) is 20.6. The zero-order valence-corrected chi connectivity index (χ0v) is 17.7. The summed E-state index contributed by atoms with van der Waals surface area (Å²) in [5.74, 6) is 0.928. The van der Waals surface area contributed by atoms with Crippen LogP contribution in [0.1, 0.15) is 58.1 Å². The molecular formula is C26H29NO2. The molecule has 0 spiro atoms. The molecule has 0 saturated heterocycles. The first kappa shape index (κ1) is 19.5. The van der Waals surface area contributed by atoms with E-state index in [1.165, 1.54) is 23.1 Å². The number of rotatable bonds is 3. The molecule has 0 radical (unpaired) electrons. The number of aromatic hydroxyl groups is 1. The molecule has 4 rings (SSSR count). The molecule has 0 atom stereocenters. The molecule has 3 nitrogen and oxygen atoms in total. The Balaban J connectivity index is 1.84. The van der Waals surface area contributed by atoms with Crippen molar-refractivity contribution in [2.45, 2.75) is 47.0 Å². The standard InChI is InChI=1S/C26H29NO2/c1-25(2)15-21(16-26(3,4)17-25)23(19-9-11-22(28)12-10-19)18-5-7-20(8-6-18)24-27-13-14-29-24/h5-14,28H,15-17H2,1-4H3. The molecule has 1 aliphatic rings. The van der Waals surface area contributed by atoms with Gasteiger partial charge < -0.3 is 9.52 Å². The highest BCUT2D eigenvalue weighted by Gasteiger charge is 2.37. The highest BCUT2D eigenvalue weighted by Crippen LogP contribution is 2.50. The summed E-state index contributed by atoms with van der Waals surface area (Å²) in [5.41, 5.74) is 6.60. The fourth-order valence-corrected chi connectivity index (χ4v) is 5.16. The van der Waals surface area contributed by atoms with Crippen molar-refractivity contribution in [2.75, 3.05) is 0 Å². The van der Waals surface area contributed by atoms with E-state index in [2.05, 4.69) is 56.9 Å². The highest BCUT2D eigenvalue weighted by atomic mass is 16.3. The van der Waals surface area contributed by atoms with E-state index in [9.17, 15) is 5.11 Å². The zero-order valence-electron chi connectivity index (χ0n) is 17.7. The minimum absolute atomic E-state index is 0.261. The Hall–Kier alpha value is -2.81. The molecule has 1 aromatic heterocycles. The number of allylic oxidation sites excluding steroid dienone is 1. The molecule has 150 valence electrons. The quantitative estimate of drug-likeness (QED) is 0.522. The maximum absolute atomic E-state index is 9.79. The van der Waals surface area contributed by atoms with E-state index in [4.69, 9.17) is 4.42 Å². The van der Waals surface area contributed by atoms with Crippen LogP contribution in [0.25, 0.3) is 17.0 Å². The normalized spacial score (nSPS) is 17.9. The van der Waals surface area contributed by atoms with E-state index in [0.29, 0.717) is 11.6 Å². The number of phenols is 1. The Labute approximate surface area is 173 Å². The van der Waals surface area contributed by atoms with Crippen molar-refractivity contribution in [3.8, 4) is 17.2 Å². The Kier molecular flexibility index (Phi) is 4.85. The minimum atomic E-state index is 0.261. The first-order chi connectivity index (χ1) is 13.7. The van der Waals surface area contributed by atoms with Crippen LogP contribution < -0.4 is 0 Å². The molecule has 3 aromatic rings. The highest BCUT2D eigenvalue weighted by molar-refractivity contribution is 5.83. The molecule has 2 aromatic carbocycles. The van der Waals surface area contributed by atoms with Gasteiger partial charge in [-0.05, 0) is 71.1 Å². The van der Waals surface area contributed by atoms with Crippen molar-refractivity contribution in [1.82, 2.24) is 4.98 Å². The summed E-state index contributed by atoms with van der Waals surface area (Å²) in [5, 5.41) is 9.79. The lowest BCUT2D eigenvalue weighted by molar-refractivity contribution is 0.154. The van der Waals surface area contributed by atoms with Gasteiger partial charge in [0.2, 0.25) is 5.89 Å². The number of hydrogen-bond acceptors (Lipinski definition) is 3. The van der Waals surface area contributed by atoms with Gasteiger partial charge >= 0.3 is 0 Å². The smallest absolute Gasteiger partial charge is 0.225 e. The average molecular weight is 388 g/mol. The van der Waals surface area contributed by atoms with Crippen molar-refractivity contribution < 1.29 is 9.52 Å². The van der Waals surface area contributed by atoms with Gasteiger partial charge in [0.25, 0.3) is 0 Å². The average Bonchev–Trinajstić information content (AvgIpc) is 3.16. The summed E-state index contributed by atoms with van der Waals surface area (Å²) in [7, 11) is 0. The number of nitrogens with zero attached hydrogens (tertiary/aromatic N) is 1. The van der Waals surface area contributed by atoms with E-state index in [1.54, 1.807) is 24.6 Å². The van der Waals surface area contributed by atoms with Gasteiger partial charge in [-0.15, -0.1) is 0 Å². The molecule has 1 fully saturated rings. The van der Waals surface area contributed by atoms with E-state index < -0.39 is 0 Å². The molecule has 1 N–H and O–H groups in total. The van der Waals surface area contributed by atoms with Crippen LogP contribution in [0.15, 0.2) is 71.0 Å². The van der Waals surface area contributed by atoms with Gasteiger partial charge in [0.05, 0.1) is 6.20 Å². The van der Waals surface area contributed by atoms with Crippen LogP contribution in [0.2, 0.25) is 0 Å². The molecular weight excluding hydrogens is 358 g/mol. The predicted octanol–water partition coefficient (Wildman–Crippen LogP) is 7.09.